The molecule has 2 aromatic carbocycles. The Bertz CT molecular complexity index is 1180. The lowest BCUT2D eigenvalue weighted by molar-refractivity contribution is -0.137. The second kappa shape index (κ2) is 10.2. The van der Waals surface area contributed by atoms with E-state index in [0.29, 0.717) is 11.1 Å². The second-order valence-corrected chi connectivity index (χ2v) is 7.48. The SMILES string of the molecule is COC(OC)/C(=C1\C(=O)N(Cc2ccncc2)C(=O)\C1=C\c1ccccc1)c1ccccc1. The Morgan fingerprint density at radius 3 is 2.09 bits per heavy atom. The monoisotopic (exact) mass is 440 g/mol. The minimum absolute atomic E-state index is 0.141. The molecule has 6 nitrogen and oxygen atoms in total. The molecule has 1 aliphatic heterocycles. The first-order valence-electron chi connectivity index (χ1n) is 10.5. The number of methoxy groups -OCH3 is 2. The zero-order chi connectivity index (χ0) is 23.2. The summed E-state index contributed by atoms with van der Waals surface area (Å²) in [6.45, 7) is 0.141. The highest BCUT2D eigenvalue weighted by molar-refractivity contribution is 6.29. The first-order chi connectivity index (χ1) is 16.1. The van der Waals surface area contributed by atoms with Crippen LogP contribution in [0.15, 0.2) is 96.3 Å². The van der Waals surface area contributed by atoms with Crippen LogP contribution in [0.1, 0.15) is 16.7 Å². The molecule has 0 N–H and O–H groups in total. The van der Waals surface area contributed by atoms with Gasteiger partial charge in [-0.3, -0.25) is 19.5 Å². The van der Waals surface area contributed by atoms with E-state index in [9.17, 15) is 9.59 Å². The number of ether oxygens (including phenoxy) is 2. The van der Waals surface area contributed by atoms with Crippen LogP contribution in [-0.4, -0.2) is 42.2 Å². The van der Waals surface area contributed by atoms with E-state index in [-0.39, 0.29) is 18.0 Å². The number of hydrogen-bond acceptors (Lipinski definition) is 5. The summed E-state index contributed by atoms with van der Waals surface area (Å²) in [5.41, 5.74) is 3.46. The smallest absolute Gasteiger partial charge is 0.262 e. The summed E-state index contributed by atoms with van der Waals surface area (Å²) < 4.78 is 11.1. The Balaban J connectivity index is 1.93. The molecule has 1 saturated heterocycles. The van der Waals surface area contributed by atoms with Gasteiger partial charge in [0.2, 0.25) is 0 Å². The van der Waals surface area contributed by atoms with E-state index >= 15 is 0 Å². The van der Waals surface area contributed by atoms with E-state index < -0.39 is 12.2 Å². The fourth-order valence-electron chi connectivity index (χ4n) is 3.87. The standard InChI is InChI=1S/C27H24N2O4/c1-32-27(33-2)23(21-11-7-4-8-12-21)24-22(17-19-9-5-3-6-10-19)25(30)29(26(24)31)18-20-13-15-28-16-14-20/h3-17,27H,18H2,1-2H3/b22-17+,24-23-. The fourth-order valence-corrected chi connectivity index (χ4v) is 3.87. The van der Waals surface area contributed by atoms with Crippen LogP contribution in [0.25, 0.3) is 11.6 Å². The van der Waals surface area contributed by atoms with Gasteiger partial charge in [0.1, 0.15) is 0 Å². The average Bonchev–Trinajstić information content (AvgIpc) is 3.08. The summed E-state index contributed by atoms with van der Waals surface area (Å²) in [5.74, 6) is -0.757. The number of likely N-dealkylation sites (tertiary alicyclic amines) is 1. The lowest BCUT2D eigenvalue weighted by atomic mass is 9.94. The number of imide groups is 1. The van der Waals surface area contributed by atoms with Crippen molar-refractivity contribution in [3.05, 3.63) is 113 Å². The van der Waals surface area contributed by atoms with Gasteiger partial charge in [-0.05, 0) is 34.9 Å². The zero-order valence-electron chi connectivity index (χ0n) is 18.5. The predicted molar refractivity (Wildman–Crippen MR) is 125 cm³/mol. The Kier molecular flexibility index (Phi) is 6.88. The van der Waals surface area contributed by atoms with Gasteiger partial charge in [-0.25, -0.2) is 0 Å². The summed E-state index contributed by atoms with van der Waals surface area (Å²) in [6.07, 6.45) is 4.19. The number of amides is 2. The van der Waals surface area contributed by atoms with Gasteiger partial charge < -0.3 is 9.47 Å². The Labute approximate surface area is 192 Å². The molecule has 0 saturated carbocycles. The van der Waals surface area contributed by atoms with Crippen molar-refractivity contribution >= 4 is 23.5 Å². The molecule has 1 aromatic heterocycles. The normalized spacial score (nSPS) is 16.7. The molecule has 0 unspecified atom stereocenters. The fraction of sp³-hybridized carbons (Fsp3) is 0.148. The number of benzene rings is 2. The molecule has 0 aliphatic carbocycles. The van der Waals surface area contributed by atoms with Gasteiger partial charge >= 0.3 is 0 Å². The van der Waals surface area contributed by atoms with Gasteiger partial charge in [0.25, 0.3) is 11.8 Å². The minimum atomic E-state index is -0.834. The van der Waals surface area contributed by atoms with E-state index in [2.05, 4.69) is 4.98 Å². The molecule has 3 aromatic rings. The molecule has 6 heteroatoms. The predicted octanol–water partition coefficient (Wildman–Crippen LogP) is 4.11. The van der Waals surface area contributed by atoms with Crippen molar-refractivity contribution in [1.29, 1.82) is 0 Å². The van der Waals surface area contributed by atoms with Gasteiger partial charge in [-0.15, -0.1) is 0 Å². The van der Waals surface area contributed by atoms with Crippen LogP contribution >= 0.6 is 0 Å². The minimum Gasteiger partial charge on any atom is -0.352 e. The summed E-state index contributed by atoms with van der Waals surface area (Å²) in [7, 11) is 3.02. The first kappa shape index (κ1) is 22.3. The number of carbonyl (C=O) groups is 2. The molecule has 33 heavy (non-hydrogen) atoms. The molecule has 0 atom stereocenters. The van der Waals surface area contributed by atoms with E-state index in [4.69, 9.17) is 9.47 Å². The molecule has 1 fully saturated rings. The number of hydrogen-bond donors (Lipinski definition) is 0. The third-order valence-electron chi connectivity index (χ3n) is 5.42. The zero-order valence-corrected chi connectivity index (χ0v) is 18.5. The molecular weight excluding hydrogens is 416 g/mol. The molecule has 166 valence electrons. The number of carbonyl (C=O) groups excluding carboxylic acids is 2. The lowest BCUT2D eigenvalue weighted by Gasteiger charge is -2.20. The van der Waals surface area contributed by atoms with Gasteiger partial charge in [-0.2, -0.15) is 0 Å². The van der Waals surface area contributed by atoms with E-state index in [0.717, 1.165) is 16.7 Å². The number of nitrogens with zero attached hydrogens (tertiary/aromatic N) is 2. The highest BCUT2D eigenvalue weighted by Crippen LogP contribution is 2.37. The topological polar surface area (TPSA) is 68.7 Å². The number of pyridine rings is 1. The van der Waals surface area contributed by atoms with E-state index in [1.807, 2.05) is 60.7 Å². The van der Waals surface area contributed by atoms with Gasteiger partial charge in [0, 0.05) is 32.2 Å². The molecule has 2 heterocycles. The van der Waals surface area contributed by atoms with Crippen LogP contribution in [0.2, 0.25) is 0 Å². The van der Waals surface area contributed by atoms with Crippen molar-refractivity contribution in [1.82, 2.24) is 9.88 Å². The van der Waals surface area contributed by atoms with Crippen LogP contribution in [0.3, 0.4) is 0 Å². The largest absolute Gasteiger partial charge is 0.352 e. The van der Waals surface area contributed by atoms with Gasteiger partial charge in [-0.1, -0.05) is 60.7 Å². The second-order valence-electron chi connectivity index (χ2n) is 7.48. The molecule has 0 spiro atoms. The van der Waals surface area contributed by atoms with Crippen LogP contribution < -0.4 is 0 Å². The average molecular weight is 440 g/mol. The third-order valence-corrected chi connectivity index (χ3v) is 5.42. The number of rotatable bonds is 7. The maximum atomic E-state index is 13.8. The highest BCUT2D eigenvalue weighted by Gasteiger charge is 2.42. The summed E-state index contributed by atoms with van der Waals surface area (Å²) in [6, 6.07) is 22.4. The highest BCUT2D eigenvalue weighted by atomic mass is 16.7. The van der Waals surface area contributed by atoms with Crippen LogP contribution in [0, 0.1) is 0 Å². The van der Waals surface area contributed by atoms with Crippen molar-refractivity contribution in [2.45, 2.75) is 12.8 Å². The number of aromatic nitrogens is 1. The van der Waals surface area contributed by atoms with E-state index in [1.165, 1.54) is 19.1 Å². The van der Waals surface area contributed by atoms with Gasteiger partial charge in [0.05, 0.1) is 17.7 Å². The quantitative estimate of drug-likeness (QED) is 0.314. The Hall–Kier alpha value is -3.87. The molecule has 4 rings (SSSR count). The van der Waals surface area contributed by atoms with Gasteiger partial charge in [0.15, 0.2) is 6.29 Å². The summed E-state index contributed by atoms with van der Waals surface area (Å²) >= 11 is 0. The Morgan fingerprint density at radius 2 is 1.48 bits per heavy atom. The first-order valence-corrected chi connectivity index (χ1v) is 10.5. The van der Waals surface area contributed by atoms with Crippen LogP contribution in [-0.2, 0) is 25.6 Å². The summed E-state index contributed by atoms with van der Waals surface area (Å²) in [5, 5.41) is 0. The van der Waals surface area contributed by atoms with Crippen molar-refractivity contribution < 1.29 is 19.1 Å². The maximum absolute atomic E-state index is 13.8. The van der Waals surface area contributed by atoms with Crippen molar-refractivity contribution in [3.63, 3.8) is 0 Å². The molecule has 0 radical (unpaired) electrons. The third kappa shape index (κ3) is 4.67. The van der Waals surface area contributed by atoms with E-state index in [1.54, 1.807) is 30.6 Å². The van der Waals surface area contributed by atoms with Crippen LogP contribution in [0.4, 0.5) is 0 Å². The molecule has 2 amide bonds. The molecule has 0 bridgehead atoms. The maximum Gasteiger partial charge on any atom is 0.262 e. The molecular formula is C27H24N2O4. The Morgan fingerprint density at radius 1 is 0.879 bits per heavy atom. The van der Waals surface area contributed by atoms with Crippen molar-refractivity contribution in [2.75, 3.05) is 14.2 Å². The van der Waals surface area contributed by atoms with Crippen LogP contribution in [0.5, 0.6) is 0 Å². The summed E-state index contributed by atoms with van der Waals surface area (Å²) in [4.78, 5) is 32.6. The lowest BCUT2D eigenvalue weighted by Crippen LogP contribution is -2.29. The van der Waals surface area contributed by atoms with Crippen molar-refractivity contribution in [2.24, 2.45) is 0 Å². The van der Waals surface area contributed by atoms with Crippen molar-refractivity contribution in [3.8, 4) is 0 Å². The molecule has 1 aliphatic rings.